The normalized spacial score (nSPS) is 10.7. The van der Waals surface area contributed by atoms with Crippen molar-refractivity contribution in [3.8, 4) is 11.3 Å². The number of hydrogen-bond donors (Lipinski definition) is 0. The average molecular weight is 345 g/mol. The van der Waals surface area contributed by atoms with Gasteiger partial charge in [0, 0.05) is 21.8 Å². The molecule has 0 aliphatic heterocycles. The molecule has 4 heteroatoms. The van der Waals surface area contributed by atoms with E-state index in [0.717, 1.165) is 33.2 Å². The molecule has 3 rings (SSSR count). The minimum Gasteiger partial charge on any atom is -0.463 e. The molecule has 106 valence electrons. The Morgan fingerprint density at radius 1 is 1.10 bits per heavy atom. The Morgan fingerprint density at radius 3 is 2.57 bits per heavy atom. The maximum atomic E-state index is 10.5. The number of ether oxygens (including phenoxy) is 1. The van der Waals surface area contributed by atoms with Crippen molar-refractivity contribution in [2.24, 2.45) is 0 Å². The molecule has 3 aromatic rings. The molecule has 1 heterocycles. The van der Waals surface area contributed by atoms with Gasteiger partial charge in [-0.3, -0.25) is 4.79 Å². The van der Waals surface area contributed by atoms with Gasteiger partial charge in [0.15, 0.2) is 0 Å². The molecule has 0 N–H and O–H groups in total. The third kappa shape index (κ3) is 2.72. The van der Waals surface area contributed by atoms with Crippen LogP contribution in [-0.2, 0) is 21.5 Å². The van der Waals surface area contributed by atoms with Gasteiger partial charge in [0.1, 0.15) is 18.0 Å². The monoisotopic (exact) mass is 344 g/mol. The molecule has 0 radical (unpaired) electrons. The van der Waals surface area contributed by atoms with Gasteiger partial charge in [0.05, 0.1) is 0 Å². The molecule has 0 saturated carbocycles. The Kier molecular flexibility index (Phi) is 4.06. The fourth-order valence-corrected chi connectivity index (χ4v) is 2.71. The molecular formula is C17H13BrO3. The first-order chi connectivity index (χ1) is 10.3. The van der Waals surface area contributed by atoms with Crippen molar-refractivity contribution in [2.45, 2.75) is 11.9 Å². The van der Waals surface area contributed by atoms with E-state index in [0.29, 0.717) is 6.47 Å². The first-order valence-electron chi connectivity index (χ1n) is 6.54. The summed E-state index contributed by atoms with van der Waals surface area (Å²) >= 11 is 3.43. The van der Waals surface area contributed by atoms with Crippen LogP contribution in [0.25, 0.3) is 22.3 Å². The van der Waals surface area contributed by atoms with Gasteiger partial charge in [-0.15, -0.1) is 0 Å². The third-order valence-electron chi connectivity index (χ3n) is 3.36. The van der Waals surface area contributed by atoms with E-state index in [9.17, 15) is 4.79 Å². The summed E-state index contributed by atoms with van der Waals surface area (Å²) in [6.07, 6.45) is 0. The minimum atomic E-state index is 0.204. The molecule has 0 spiro atoms. The van der Waals surface area contributed by atoms with Crippen LogP contribution in [0.3, 0.4) is 0 Å². The van der Waals surface area contributed by atoms with Crippen molar-refractivity contribution >= 4 is 33.4 Å². The van der Waals surface area contributed by atoms with Crippen LogP contribution in [0, 0.1) is 0 Å². The standard InChI is InChI=1S/C17H13BrO3/c18-9-12-5-7-13(8-6-12)17-15(10-20-11-19)14-3-1-2-4-16(14)21-17/h1-8,11H,9-10H2. The van der Waals surface area contributed by atoms with Crippen LogP contribution >= 0.6 is 15.9 Å². The Bertz CT molecular complexity index is 759. The molecule has 0 fully saturated rings. The zero-order valence-electron chi connectivity index (χ0n) is 11.2. The number of carbonyl (C=O) groups excluding carboxylic acids is 1. The van der Waals surface area contributed by atoms with E-state index in [-0.39, 0.29) is 6.61 Å². The minimum absolute atomic E-state index is 0.204. The maximum absolute atomic E-state index is 10.5. The van der Waals surface area contributed by atoms with Crippen molar-refractivity contribution in [1.29, 1.82) is 0 Å². The number of rotatable bonds is 5. The van der Waals surface area contributed by atoms with Crippen LogP contribution in [0.4, 0.5) is 0 Å². The second-order valence-electron chi connectivity index (χ2n) is 4.64. The van der Waals surface area contributed by atoms with Gasteiger partial charge >= 0.3 is 0 Å². The van der Waals surface area contributed by atoms with Gasteiger partial charge < -0.3 is 9.15 Å². The van der Waals surface area contributed by atoms with E-state index in [2.05, 4.69) is 15.9 Å². The van der Waals surface area contributed by atoms with Gasteiger partial charge in [-0.2, -0.15) is 0 Å². The summed E-state index contributed by atoms with van der Waals surface area (Å²) in [5, 5.41) is 1.79. The van der Waals surface area contributed by atoms with Crippen LogP contribution in [0.1, 0.15) is 11.1 Å². The van der Waals surface area contributed by atoms with Crippen LogP contribution < -0.4 is 0 Å². The predicted octanol–water partition coefficient (Wildman–Crippen LogP) is 4.67. The van der Waals surface area contributed by atoms with Gasteiger partial charge in [0.2, 0.25) is 0 Å². The van der Waals surface area contributed by atoms with Crippen LogP contribution in [-0.4, -0.2) is 6.47 Å². The van der Waals surface area contributed by atoms with Crippen molar-refractivity contribution in [3.63, 3.8) is 0 Å². The molecule has 0 aliphatic rings. The number of halogens is 1. The first kappa shape index (κ1) is 13.9. The van der Waals surface area contributed by atoms with Gasteiger partial charge in [0.25, 0.3) is 6.47 Å². The van der Waals surface area contributed by atoms with Gasteiger partial charge in [-0.1, -0.05) is 58.4 Å². The van der Waals surface area contributed by atoms with Crippen molar-refractivity contribution in [3.05, 3.63) is 59.7 Å². The summed E-state index contributed by atoms with van der Waals surface area (Å²) in [5.74, 6) is 0.749. The lowest BCUT2D eigenvalue weighted by Gasteiger charge is -2.03. The van der Waals surface area contributed by atoms with E-state index in [1.165, 1.54) is 5.56 Å². The van der Waals surface area contributed by atoms with Crippen LogP contribution in [0.2, 0.25) is 0 Å². The smallest absolute Gasteiger partial charge is 0.293 e. The lowest BCUT2D eigenvalue weighted by molar-refractivity contribution is -0.129. The molecular weight excluding hydrogens is 332 g/mol. The largest absolute Gasteiger partial charge is 0.463 e. The molecule has 0 bridgehead atoms. The molecule has 0 saturated heterocycles. The zero-order valence-corrected chi connectivity index (χ0v) is 12.8. The molecule has 1 aromatic heterocycles. The number of benzene rings is 2. The highest BCUT2D eigenvalue weighted by atomic mass is 79.9. The Balaban J connectivity index is 2.12. The fourth-order valence-electron chi connectivity index (χ4n) is 2.34. The lowest BCUT2D eigenvalue weighted by Crippen LogP contribution is -1.91. The van der Waals surface area contributed by atoms with Crippen molar-refractivity contribution in [1.82, 2.24) is 0 Å². The quantitative estimate of drug-likeness (QED) is 0.498. The number of alkyl halides is 1. The second-order valence-corrected chi connectivity index (χ2v) is 5.20. The molecule has 0 unspecified atom stereocenters. The molecule has 0 atom stereocenters. The van der Waals surface area contributed by atoms with E-state index >= 15 is 0 Å². The third-order valence-corrected chi connectivity index (χ3v) is 4.01. The average Bonchev–Trinajstić information content (AvgIpc) is 2.91. The van der Waals surface area contributed by atoms with Gasteiger partial charge in [-0.05, 0) is 11.6 Å². The van der Waals surface area contributed by atoms with E-state index in [1.807, 2.05) is 48.5 Å². The van der Waals surface area contributed by atoms with E-state index in [4.69, 9.17) is 9.15 Å². The van der Waals surface area contributed by atoms with E-state index < -0.39 is 0 Å². The second kappa shape index (κ2) is 6.14. The highest BCUT2D eigenvalue weighted by molar-refractivity contribution is 9.08. The molecule has 3 nitrogen and oxygen atoms in total. The molecule has 0 aliphatic carbocycles. The number of fused-ring (bicyclic) bond motifs is 1. The predicted molar refractivity (Wildman–Crippen MR) is 85.1 cm³/mol. The Morgan fingerprint density at radius 2 is 1.86 bits per heavy atom. The Hall–Kier alpha value is -2.07. The molecule has 2 aromatic carbocycles. The van der Waals surface area contributed by atoms with Crippen LogP contribution in [0.5, 0.6) is 0 Å². The lowest BCUT2D eigenvalue weighted by atomic mass is 10.0. The summed E-state index contributed by atoms with van der Waals surface area (Å²) < 4.78 is 10.9. The van der Waals surface area contributed by atoms with Gasteiger partial charge in [-0.25, -0.2) is 0 Å². The Labute approximate surface area is 130 Å². The van der Waals surface area contributed by atoms with Crippen LogP contribution in [0.15, 0.2) is 52.9 Å². The number of carbonyl (C=O) groups is 1. The zero-order chi connectivity index (χ0) is 14.7. The summed E-state index contributed by atoms with van der Waals surface area (Å²) in [4.78, 5) is 10.5. The molecule has 21 heavy (non-hydrogen) atoms. The van der Waals surface area contributed by atoms with E-state index in [1.54, 1.807) is 0 Å². The number of hydrogen-bond acceptors (Lipinski definition) is 3. The number of furan rings is 1. The first-order valence-corrected chi connectivity index (χ1v) is 7.66. The van der Waals surface area contributed by atoms with Crippen molar-refractivity contribution < 1.29 is 13.9 Å². The topological polar surface area (TPSA) is 39.4 Å². The number of para-hydroxylation sites is 1. The summed E-state index contributed by atoms with van der Waals surface area (Å²) in [5.41, 5.74) is 3.85. The molecule has 0 amide bonds. The van der Waals surface area contributed by atoms with Crippen molar-refractivity contribution in [2.75, 3.05) is 0 Å². The SMILES string of the molecule is O=COCc1c(-c2ccc(CBr)cc2)oc2ccccc12. The highest BCUT2D eigenvalue weighted by Gasteiger charge is 2.15. The highest BCUT2D eigenvalue weighted by Crippen LogP contribution is 2.34. The fraction of sp³-hybridized carbons (Fsp3) is 0.118. The summed E-state index contributed by atoms with van der Waals surface area (Å²) in [7, 11) is 0. The summed E-state index contributed by atoms with van der Waals surface area (Å²) in [6, 6.07) is 15.9. The summed E-state index contributed by atoms with van der Waals surface area (Å²) in [6.45, 7) is 0.662. The maximum Gasteiger partial charge on any atom is 0.293 e.